The zero-order chi connectivity index (χ0) is 16.4. The summed E-state index contributed by atoms with van der Waals surface area (Å²) in [5, 5.41) is 0. The summed E-state index contributed by atoms with van der Waals surface area (Å²) in [5.74, 6) is 4.32. The molecule has 1 fully saturated rings. The molecule has 1 saturated carbocycles. The maximum atomic E-state index is 4.78. The molecule has 120 valence electrons. The second-order valence-electron chi connectivity index (χ2n) is 5.90. The van der Waals surface area contributed by atoms with Gasteiger partial charge < -0.3 is 0 Å². The predicted octanol–water partition coefficient (Wildman–Crippen LogP) is 6.77. The second kappa shape index (κ2) is 18.7. The van der Waals surface area contributed by atoms with Crippen molar-refractivity contribution in [1.82, 2.24) is 0 Å². The van der Waals surface area contributed by atoms with Gasteiger partial charge in [-0.3, -0.25) is 0 Å². The monoisotopic (exact) mass is 298 g/mol. The van der Waals surface area contributed by atoms with E-state index in [-0.39, 0.29) is 0 Å². The van der Waals surface area contributed by atoms with Gasteiger partial charge in [-0.1, -0.05) is 86.3 Å². The van der Waals surface area contributed by atoms with Crippen molar-refractivity contribution in [2.45, 2.75) is 80.6 Å². The van der Waals surface area contributed by atoms with E-state index in [1.807, 2.05) is 20.8 Å². The number of thiol groups is 1. The van der Waals surface area contributed by atoms with Crippen LogP contribution in [0.5, 0.6) is 0 Å². The van der Waals surface area contributed by atoms with Crippen molar-refractivity contribution in [3.05, 3.63) is 12.2 Å². The molecule has 0 N–H and O–H groups in total. The van der Waals surface area contributed by atoms with Gasteiger partial charge in [0.2, 0.25) is 0 Å². The summed E-state index contributed by atoms with van der Waals surface area (Å²) in [6.07, 6.45) is 15.8. The highest BCUT2D eigenvalue weighted by molar-refractivity contribution is 7.80. The molecule has 0 unspecified atom stereocenters. The van der Waals surface area contributed by atoms with Crippen LogP contribution in [0.25, 0.3) is 0 Å². The van der Waals surface area contributed by atoms with Crippen LogP contribution in [-0.4, -0.2) is 5.75 Å². The summed E-state index contributed by atoms with van der Waals surface area (Å²) in [4.78, 5) is 0. The van der Waals surface area contributed by atoms with E-state index < -0.39 is 0 Å². The van der Waals surface area contributed by atoms with E-state index in [0.717, 1.165) is 18.1 Å². The summed E-state index contributed by atoms with van der Waals surface area (Å²) in [5.41, 5.74) is 0.322. The molecule has 1 rings (SSSR count). The van der Waals surface area contributed by atoms with Crippen LogP contribution in [0.15, 0.2) is 12.2 Å². The Morgan fingerprint density at radius 3 is 1.70 bits per heavy atom. The lowest BCUT2D eigenvalue weighted by molar-refractivity contribution is 0.543. The molecule has 0 spiro atoms. The van der Waals surface area contributed by atoms with Crippen LogP contribution < -0.4 is 0 Å². The van der Waals surface area contributed by atoms with E-state index in [4.69, 9.17) is 6.42 Å². The van der Waals surface area contributed by atoms with Crippen molar-refractivity contribution in [3.8, 4) is 12.3 Å². The molecule has 0 aromatic rings. The maximum absolute atomic E-state index is 4.78. The predicted molar refractivity (Wildman–Crippen MR) is 101 cm³/mol. The lowest BCUT2D eigenvalue weighted by atomic mass is 9.97. The fourth-order valence-electron chi connectivity index (χ4n) is 1.54. The van der Waals surface area contributed by atoms with Gasteiger partial charge in [0.1, 0.15) is 0 Å². The van der Waals surface area contributed by atoms with E-state index in [1.165, 1.54) is 25.7 Å². The molecule has 0 aliphatic heterocycles. The van der Waals surface area contributed by atoms with Gasteiger partial charge in [0, 0.05) is 12.2 Å². The Morgan fingerprint density at radius 2 is 1.60 bits per heavy atom. The average molecular weight is 299 g/mol. The summed E-state index contributed by atoms with van der Waals surface area (Å²) in [7, 11) is 0. The summed E-state index contributed by atoms with van der Waals surface area (Å²) in [6.45, 7) is 14.8. The number of hydrogen-bond acceptors (Lipinski definition) is 1. The first-order chi connectivity index (χ1) is 9.37. The molecule has 0 aromatic carbocycles. The lowest BCUT2D eigenvalue weighted by Crippen LogP contribution is -1.98. The molecule has 0 aromatic heterocycles. The molecule has 1 heteroatoms. The number of hydrogen-bond donors (Lipinski definition) is 1. The highest BCUT2D eigenvalue weighted by Gasteiger charge is 2.07. The Labute approximate surface area is 135 Å². The van der Waals surface area contributed by atoms with Crippen LogP contribution in [0, 0.1) is 23.7 Å². The molecule has 0 saturated heterocycles. The van der Waals surface area contributed by atoms with Gasteiger partial charge in [-0.15, -0.1) is 12.3 Å². The van der Waals surface area contributed by atoms with Gasteiger partial charge in [0.05, 0.1) is 0 Å². The molecule has 0 nitrogen and oxygen atoms in total. The minimum atomic E-state index is 0.322. The Kier molecular flexibility index (Phi) is 23.0. The minimum Gasteiger partial charge on any atom is -0.175 e. The Morgan fingerprint density at radius 1 is 1.20 bits per heavy atom. The molecule has 0 radical (unpaired) electrons. The standard InChI is InChI=1S/C7H14S.C6H12.C4H6.C2H6/c1-7(2,3)5-4-6-8;1-6-4-2-3-5-6;1-3-4-2;1-2/h4-5,8H,6H2,1-3H3;6H,2-5H2,1H3;1H,4H2,2H3;1-2H3/b5-4-;;;. The minimum absolute atomic E-state index is 0.322. The number of allylic oxidation sites excluding steroid dienone is 1. The van der Waals surface area contributed by atoms with E-state index in [2.05, 4.69) is 58.4 Å². The Bertz CT molecular complexity index is 221. The van der Waals surface area contributed by atoms with Gasteiger partial charge in [-0.25, -0.2) is 0 Å². The van der Waals surface area contributed by atoms with Crippen molar-refractivity contribution in [2.24, 2.45) is 11.3 Å². The summed E-state index contributed by atoms with van der Waals surface area (Å²) < 4.78 is 0. The maximum Gasteiger partial charge on any atom is 0.00827 e. The molecule has 1 aliphatic rings. The Hall–Kier alpha value is -0.350. The fourth-order valence-corrected chi connectivity index (χ4v) is 1.64. The Balaban J connectivity index is -0.000000213. The first-order valence-corrected chi connectivity index (χ1v) is 8.72. The van der Waals surface area contributed by atoms with Gasteiger partial charge in [0.15, 0.2) is 0 Å². The van der Waals surface area contributed by atoms with E-state index >= 15 is 0 Å². The highest BCUT2D eigenvalue weighted by atomic mass is 32.1. The fraction of sp³-hybridized carbons (Fsp3) is 0.789. The number of rotatable bonds is 1. The van der Waals surface area contributed by atoms with E-state index in [1.54, 1.807) is 0 Å². The first kappa shape index (κ1) is 24.7. The largest absolute Gasteiger partial charge is 0.175 e. The highest BCUT2D eigenvalue weighted by Crippen LogP contribution is 2.22. The summed E-state index contributed by atoms with van der Waals surface area (Å²) >= 11 is 4.05. The smallest absolute Gasteiger partial charge is 0.00827 e. The molecule has 20 heavy (non-hydrogen) atoms. The second-order valence-corrected chi connectivity index (χ2v) is 6.26. The first-order valence-electron chi connectivity index (χ1n) is 8.09. The zero-order valence-corrected chi connectivity index (χ0v) is 15.9. The zero-order valence-electron chi connectivity index (χ0n) is 15.0. The van der Waals surface area contributed by atoms with Crippen LogP contribution in [0.1, 0.15) is 80.6 Å². The third kappa shape index (κ3) is 30.6. The van der Waals surface area contributed by atoms with Gasteiger partial charge in [0.25, 0.3) is 0 Å². The van der Waals surface area contributed by atoms with Crippen molar-refractivity contribution >= 4 is 12.6 Å². The average Bonchev–Trinajstić information content (AvgIpc) is 2.90. The van der Waals surface area contributed by atoms with Crippen molar-refractivity contribution < 1.29 is 0 Å². The molecular formula is C19H38S. The topological polar surface area (TPSA) is 0 Å². The van der Waals surface area contributed by atoms with Crippen LogP contribution in [0.2, 0.25) is 0 Å². The lowest BCUT2D eigenvalue weighted by Gasteiger charge is -2.09. The van der Waals surface area contributed by atoms with Crippen molar-refractivity contribution in [1.29, 1.82) is 0 Å². The van der Waals surface area contributed by atoms with Gasteiger partial charge >= 0.3 is 0 Å². The number of terminal acetylenes is 1. The van der Waals surface area contributed by atoms with Crippen molar-refractivity contribution in [3.63, 3.8) is 0 Å². The van der Waals surface area contributed by atoms with Crippen LogP contribution in [-0.2, 0) is 0 Å². The third-order valence-corrected chi connectivity index (χ3v) is 2.78. The molecule has 0 bridgehead atoms. The van der Waals surface area contributed by atoms with Gasteiger partial charge in [-0.2, -0.15) is 12.6 Å². The van der Waals surface area contributed by atoms with Crippen molar-refractivity contribution in [2.75, 3.05) is 5.75 Å². The summed E-state index contributed by atoms with van der Waals surface area (Å²) in [6, 6.07) is 0. The molecule has 0 heterocycles. The van der Waals surface area contributed by atoms with Crippen LogP contribution >= 0.6 is 12.6 Å². The SMILES string of the molecule is C#CCC.CC.CC(C)(C)/C=C\CS.CC1CCCC1. The van der Waals surface area contributed by atoms with Crippen LogP contribution in [0.3, 0.4) is 0 Å². The normalized spacial score (nSPS) is 14.2. The molecule has 0 atom stereocenters. The third-order valence-electron chi connectivity index (χ3n) is 2.57. The van der Waals surface area contributed by atoms with Gasteiger partial charge in [-0.05, 0) is 11.3 Å². The van der Waals surface area contributed by atoms with Crippen LogP contribution in [0.4, 0.5) is 0 Å². The molecule has 1 aliphatic carbocycles. The van der Waals surface area contributed by atoms with E-state index in [0.29, 0.717) is 5.41 Å². The molecule has 0 amide bonds. The van der Waals surface area contributed by atoms with E-state index in [9.17, 15) is 0 Å². The molecular weight excluding hydrogens is 260 g/mol. The quantitative estimate of drug-likeness (QED) is 0.308.